The number of carbonyl (C=O) groups excluding carboxylic acids is 1. The van der Waals surface area contributed by atoms with Crippen molar-refractivity contribution in [1.29, 1.82) is 0 Å². The third-order valence-electron chi connectivity index (χ3n) is 4.79. The molecular formula is C22H17F3N4O2. The zero-order chi connectivity index (χ0) is 22.2. The van der Waals surface area contributed by atoms with Crippen LogP contribution in [0.5, 0.6) is 11.6 Å². The number of nitrogens with zero attached hydrogens (tertiary/aromatic N) is 2. The number of halogens is 3. The molecule has 0 fully saturated rings. The van der Waals surface area contributed by atoms with Gasteiger partial charge in [0.1, 0.15) is 5.69 Å². The third kappa shape index (κ3) is 4.07. The van der Waals surface area contributed by atoms with Gasteiger partial charge < -0.3 is 15.0 Å². The molecule has 0 unspecified atom stereocenters. The predicted octanol–water partition coefficient (Wildman–Crippen LogP) is 5.64. The second-order valence-corrected chi connectivity index (χ2v) is 6.88. The largest absolute Gasteiger partial charge is 0.437 e. The summed E-state index contributed by atoms with van der Waals surface area (Å²) in [4.78, 5) is 23.4. The van der Waals surface area contributed by atoms with Crippen LogP contribution in [0.4, 0.5) is 18.9 Å². The Bertz CT molecular complexity index is 1260. The number of anilines is 1. The predicted molar refractivity (Wildman–Crippen MR) is 109 cm³/mol. The average Bonchev–Trinajstić information content (AvgIpc) is 3.08. The standard InChI is InChI=1S/C22H17F3N4O2/c1-12-15-5-3-6-16(19(15)29-20(12)22(23,24)25)21(30)28-14-8-9-18(27-11-14)31-17-7-4-10-26-13(17)2/h3-11,29H,1-2H3,(H,28,30). The highest BCUT2D eigenvalue weighted by Crippen LogP contribution is 2.36. The Kier molecular flexibility index (Phi) is 5.10. The first-order valence-electron chi connectivity index (χ1n) is 9.29. The highest BCUT2D eigenvalue weighted by atomic mass is 19.4. The zero-order valence-corrected chi connectivity index (χ0v) is 16.5. The van der Waals surface area contributed by atoms with E-state index >= 15 is 0 Å². The number of nitrogens with one attached hydrogen (secondary N) is 2. The van der Waals surface area contributed by atoms with E-state index in [-0.39, 0.29) is 16.6 Å². The van der Waals surface area contributed by atoms with E-state index in [2.05, 4.69) is 20.3 Å². The van der Waals surface area contributed by atoms with Gasteiger partial charge in [-0.15, -0.1) is 0 Å². The van der Waals surface area contributed by atoms with Gasteiger partial charge in [0, 0.05) is 17.6 Å². The van der Waals surface area contributed by atoms with Crippen molar-refractivity contribution in [3.8, 4) is 11.6 Å². The zero-order valence-electron chi connectivity index (χ0n) is 16.5. The van der Waals surface area contributed by atoms with Crippen molar-refractivity contribution < 1.29 is 22.7 Å². The second kappa shape index (κ2) is 7.75. The summed E-state index contributed by atoms with van der Waals surface area (Å²) in [5, 5.41) is 2.99. The van der Waals surface area contributed by atoms with Gasteiger partial charge in [-0.2, -0.15) is 13.2 Å². The van der Waals surface area contributed by atoms with Crippen molar-refractivity contribution in [2.75, 3.05) is 5.32 Å². The monoisotopic (exact) mass is 426 g/mol. The summed E-state index contributed by atoms with van der Waals surface area (Å²) in [5.74, 6) is 0.311. The Morgan fingerprint density at radius 2 is 1.87 bits per heavy atom. The summed E-state index contributed by atoms with van der Waals surface area (Å²) in [6.07, 6.45) is -1.48. The molecule has 31 heavy (non-hydrogen) atoms. The molecule has 9 heteroatoms. The molecular weight excluding hydrogens is 409 g/mol. The molecule has 0 atom stereocenters. The van der Waals surface area contributed by atoms with Crippen LogP contribution in [0.25, 0.3) is 10.9 Å². The van der Waals surface area contributed by atoms with E-state index in [9.17, 15) is 18.0 Å². The lowest BCUT2D eigenvalue weighted by atomic mass is 10.1. The van der Waals surface area contributed by atoms with Crippen molar-refractivity contribution >= 4 is 22.5 Å². The minimum atomic E-state index is -4.54. The molecule has 1 amide bonds. The van der Waals surface area contributed by atoms with Crippen molar-refractivity contribution in [1.82, 2.24) is 15.0 Å². The Morgan fingerprint density at radius 3 is 2.55 bits per heavy atom. The minimum Gasteiger partial charge on any atom is -0.437 e. The first kappa shape index (κ1) is 20.4. The molecule has 6 nitrogen and oxygen atoms in total. The van der Waals surface area contributed by atoms with Crippen LogP contribution in [0.1, 0.15) is 27.3 Å². The molecule has 0 saturated heterocycles. The maximum Gasteiger partial charge on any atom is 0.431 e. The van der Waals surface area contributed by atoms with Crippen molar-refractivity contribution in [2.45, 2.75) is 20.0 Å². The molecule has 0 spiro atoms. The van der Waals surface area contributed by atoms with Crippen LogP contribution in [0, 0.1) is 13.8 Å². The van der Waals surface area contributed by atoms with Gasteiger partial charge in [0.2, 0.25) is 5.88 Å². The molecule has 3 aromatic heterocycles. The summed E-state index contributed by atoms with van der Waals surface area (Å²) in [6.45, 7) is 3.17. The lowest BCUT2D eigenvalue weighted by molar-refractivity contribution is -0.141. The van der Waals surface area contributed by atoms with Crippen molar-refractivity contribution in [3.05, 3.63) is 77.4 Å². The Hall–Kier alpha value is -3.88. The number of aromatic amines is 1. The van der Waals surface area contributed by atoms with Gasteiger partial charge in [0.25, 0.3) is 5.91 Å². The number of amides is 1. The number of pyridine rings is 2. The van der Waals surface area contributed by atoms with Gasteiger partial charge in [0.15, 0.2) is 5.75 Å². The Balaban J connectivity index is 1.56. The van der Waals surface area contributed by atoms with Crippen molar-refractivity contribution in [3.63, 3.8) is 0 Å². The molecule has 0 aliphatic heterocycles. The minimum absolute atomic E-state index is 0.0472. The highest BCUT2D eigenvalue weighted by Gasteiger charge is 2.35. The number of carbonyl (C=O) groups is 1. The van der Waals surface area contributed by atoms with Crippen LogP contribution < -0.4 is 10.1 Å². The fourth-order valence-corrected chi connectivity index (χ4v) is 3.23. The molecule has 4 aromatic rings. The number of aryl methyl sites for hydroxylation is 2. The molecule has 0 bridgehead atoms. The number of para-hydroxylation sites is 1. The number of fused-ring (bicyclic) bond motifs is 1. The second-order valence-electron chi connectivity index (χ2n) is 6.88. The van der Waals surface area contributed by atoms with Crippen LogP contribution >= 0.6 is 0 Å². The maximum atomic E-state index is 13.2. The molecule has 158 valence electrons. The lowest BCUT2D eigenvalue weighted by Gasteiger charge is -2.09. The molecule has 0 aliphatic carbocycles. The van der Waals surface area contributed by atoms with Crippen molar-refractivity contribution in [2.24, 2.45) is 0 Å². The van der Waals surface area contributed by atoms with Gasteiger partial charge in [-0.25, -0.2) is 4.98 Å². The average molecular weight is 426 g/mol. The van der Waals surface area contributed by atoms with E-state index in [0.29, 0.717) is 28.4 Å². The first-order valence-corrected chi connectivity index (χ1v) is 9.29. The quantitative estimate of drug-likeness (QED) is 0.443. The number of alkyl halides is 3. The van der Waals surface area contributed by atoms with E-state index in [4.69, 9.17) is 4.74 Å². The molecule has 4 rings (SSSR count). The van der Waals surface area contributed by atoms with E-state index < -0.39 is 17.8 Å². The number of hydrogen-bond donors (Lipinski definition) is 2. The summed E-state index contributed by atoms with van der Waals surface area (Å²) < 4.78 is 45.4. The number of H-pyrrole nitrogens is 1. The molecule has 3 heterocycles. The maximum absolute atomic E-state index is 13.2. The highest BCUT2D eigenvalue weighted by molar-refractivity contribution is 6.12. The van der Waals surface area contributed by atoms with E-state index in [1.54, 1.807) is 49.5 Å². The SMILES string of the molecule is Cc1ncccc1Oc1ccc(NC(=O)c2cccc3c(C)c(C(F)(F)F)[nH]c23)cn1. The van der Waals surface area contributed by atoms with E-state index in [0.717, 1.165) is 0 Å². The van der Waals surface area contributed by atoms with Gasteiger partial charge >= 0.3 is 6.18 Å². The van der Waals surface area contributed by atoms with Gasteiger partial charge in [0.05, 0.1) is 28.7 Å². The summed E-state index contributed by atoms with van der Waals surface area (Å²) >= 11 is 0. The van der Waals surface area contributed by atoms with Crippen LogP contribution in [-0.2, 0) is 6.18 Å². The van der Waals surface area contributed by atoms with Gasteiger partial charge in [-0.05, 0) is 43.7 Å². The first-order chi connectivity index (χ1) is 14.7. The number of benzene rings is 1. The molecule has 1 aromatic carbocycles. The Morgan fingerprint density at radius 1 is 1.06 bits per heavy atom. The van der Waals surface area contributed by atoms with Crippen LogP contribution in [-0.4, -0.2) is 20.9 Å². The van der Waals surface area contributed by atoms with E-state index in [1.165, 1.54) is 19.2 Å². The number of aromatic nitrogens is 3. The van der Waals surface area contributed by atoms with Crippen LogP contribution in [0.15, 0.2) is 54.9 Å². The van der Waals surface area contributed by atoms with Crippen LogP contribution in [0.2, 0.25) is 0 Å². The van der Waals surface area contributed by atoms with E-state index in [1.807, 2.05) is 0 Å². The molecule has 2 N–H and O–H groups in total. The normalized spacial score (nSPS) is 11.5. The number of rotatable bonds is 4. The number of hydrogen-bond acceptors (Lipinski definition) is 4. The summed E-state index contributed by atoms with van der Waals surface area (Å²) in [5.41, 5.74) is 0.487. The topological polar surface area (TPSA) is 79.9 Å². The fourth-order valence-electron chi connectivity index (χ4n) is 3.23. The third-order valence-corrected chi connectivity index (χ3v) is 4.79. The fraction of sp³-hybridized carbons (Fsp3) is 0.136. The smallest absolute Gasteiger partial charge is 0.431 e. The lowest BCUT2D eigenvalue weighted by Crippen LogP contribution is -2.13. The van der Waals surface area contributed by atoms with Gasteiger partial charge in [-0.3, -0.25) is 9.78 Å². The van der Waals surface area contributed by atoms with Crippen LogP contribution in [0.3, 0.4) is 0 Å². The molecule has 0 saturated carbocycles. The summed E-state index contributed by atoms with van der Waals surface area (Å²) in [7, 11) is 0. The number of ether oxygens (including phenoxy) is 1. The molecule has 0 radical (unpaired) electrons. The van der Waals surface area contributed by atoms with Gasteiger partial charge in [-0.1, -0.05) is 12.1 Å². The Labute approximate surface area is 175 Å². The summed E-state index contributed by atoms with van der Waals surface area (Å²) in [6, 6.07) is 11.2. The molecule has 0 aliphatic rings.